The van der Waals surface area contributed by atoms with Gasteiger partial charge in [-0.2, -0.15) is 0 Å². The molecule has 1 heterocycles. The molecule has 0 aromatic heterocycles. The van der Waals surface area contributed by atoms with E-state index in [0.29, 0.717) is 22.3 Å². The van der Waals surface area contributed by atoms with E-state index in [1.165, 1.54) is 6.92 Å². The number of amides is 1. The average Bonchev–Trinajstić information content (AvgIpc) is 3.12. The molecule has 2 aromatic rings. The van der Waals surface area contributed by atoms with Gasteiger partial charge in [0.1, 0.15) is 5.75 Å². The molecule has 0 unspecified atom stereocenters. The van der Waals surface area contributed by atoms with Gasteiger partial charge >= 0.3 is 5.97 Å². The molecule has 0 radical (unpaired) electrons. The second-order valence-electron chi connectivity index (χ2n) is 6.69. The van der Waals surface area contributed by atoms with Crippen LogP contribution < -0.4 is 19.5 Å². The molecule has 1 aliphatic rings. The Bertz CT molecular complexity index is 906. The molecule has 1 atom stereocenters. The number of esters is 1. The largest absolute Gasteiger partial charge is 0.481 e. The van der Waals surface area contributed by atoms with Gasteiger partial charge in [0, 0.05) is 11.6 Å². The second-order valence-corrected chi connectivity index (χ2v) is 7.13. The Morgan fingerprint density at radius 1 is 1.14 bits per heavy atom. The summed E-state index contributed by atoms with van der Waals surface area (Å²) >= 11 is 5.99. The highest BCUT2D eigenvalue weighted by Gasteiger charge is 2.19. The van der Waals surface area contributed by atoms with Crippen molar-refractivity contribution in [2.75, 3.05) is 13.4 Å². The standard InChI is InChI=1S/C21H22ClNO6/c1-12-6-16(22)7-13(2)20(12)26-10-19(24)29-14(3)21(25)23-9-15-4-5-17-18(8-15)28-11-27-17/h4-8,14H,9-11H2,1-3H3,(H,23,25)/t14-/m1/s1. The SMILES string of the molecule is Cc1cc(Cl)cc(C)c1OCC(=O)O[C@H](C)C(=O)NCc1ccc2c(c1)OCO2. The Hall–Kier alpha value is -2.93. The Kier molecular flexibility index (Phi) is 6.49. The van der Waals surface area contributed by atoms with Crippen molar-refractivity contribution in [2.45, 2.75) is 33.4 Å². The summed E-state index contributed by atoms with van der Waals surface area (Å²) in [5.74, 6) is 0.848. The highest BCUT2D eigenvalue weighted by atomic mass is 35.5. The molecule has 0 saturated heterocycles. The summed E-state index contributed by atoms with van der Waals surface area (Å²) < 4.78 is 21.3. The van der Waals surface area contributed by atoms with E-state index >= 15 is 0 Å². The molecule has 1 aliphatic heterocycles. The molecule has 8 heteroatoms. The van der Waals surface area contributed by atoms with Crippen LogP contribution in [0.3, 0.4) is 0 Å². The van der Waals surface area contributed by atoms with Crippen LogP contribution in [0.1, 0.15) is 23.6 Å². The Labute approximate surface area is 173 Å². The number of ether oxygens (including phenoxy) is 4. The Balaban J connectivity index is 1.46. The van der Waals surface area contributed by atoms with Crippen molar-refractivity contribution in [1.29, 1.82) is 0 Å². The van der Waals surface area contributed by atoms with Gasteiger partial charge in [-0.1, -0.05) is 17.7 Å². The molecule has 0 aliphatic carbocycles. The van der Waals surface area contributed by atoms with Crippen LogP contribution in [0, 0.1) is 13.8 Å². The first-order chi connectivity index (χ1) is 13.8. The Morgan fingerprint density at radius 2 is 1.83 bits per heavy atom. The van der Waals surface area contributed by atoms with Crippen LogP contribution in [0.5, 0.6) is 17.2 Å². The lowest BCUT2D eigenvalue weighted by Gasteiger charge is -2.15. The Morgan fingerprint density at radius 3 is 2.55 bits per heavy atom. The minimum Gasteiger partial charge on any atom is -0.481 e. The predicted octanol–water partition coefficient (Wildman–Crippen LogP) is 3.31. The van der Waals surface area contributed by atoms with Crippen molar-refractivity contribution >= 4 is 23.5 Å². The topological polar surface area (TPSA) is 83.1 Å². The number of aryl methyl sites for hydroxylation is 2. The van der Waals surface area contributed by atoms with Crippen molar-refractivity contribution in [3.63, 3.8) is 0 Å². The number of halogens is 1. The molecule has 0 saturated carbocycles. The molecule has 1 N–H and O–H groups in total. The van der Waals surface area contributed by atoms with Gasteiger partial charge in [-0.25, -0.2) is 4.79 Å². The summed E-state index contributed by atoms with van der Waals surface area (Å²) in [6.07, 6.45) is -0.951. The van der Waals surface area contributed by atoms with E-state index in [0.717, 1.165) is 16.7 Å². The highest BCUT2D eigenvalue weighted by molar-refractivity contribution is 6.30. The van der Waals surface area contributed by atoms with Crippen LogP contribution in [0.15, 0.2) is 30.3 Å². The zero-order valence-corrected chi connectivity index (χ0v) is 17.2. The van der Waals surface area contributed by atoms with Gasteiger partial charge in [0.15, 0.2) is 24.2 Å². The maximum absolute atomic E-state index is 12.2. The molecule has 0 spiro atoms. The van der Waals surface area contributed by atoms with Crippen LogP contribution in [-0.2, 0) is 20.9 Å². The number of benzene rings is 2. The number of hydrogen-bond acceptors (Lipinski definition) is 6. The molecule has 2 aromatic carbocycles. The monoisotopic (exact) mass is 419 g/mol. The minimum absolute atomic E-state index is 0.190. The van der Waals surface area contributed by atoms with Crippen molar-refractivity contribution in [3.8, 4) is 17.2 Å². The minimum atomic E-state index is -0.951. The third-order valence-corrected chi connectivity index (χ3v) is 4.56. The van der Waals surface area contributed by atoms with Crippen molar-refractivity contribution in [1.82, 2.24) is 5.32 Å². The van der Waals surface area contributed by atoms with Crippen LogP contribution in [0.2, 0.25) is 5.02 Å². The number of carbonyl (C=O) groups is 2. The summed E-state index contributed by atoms with van der Waals surface area (Å²) in [6, 6.07) is 8.91. The third-order valence-electron chi connectivity index (χ3n) is 4.34. The van der Waals surface area contributed by atoms with Gasteiger partial charge in [0.2, 0.25) is 6.79 Å². The van der Waals surface area contributed by atoms with Crippen LogP contribution in [0.4, 0.5) is 0 Å². The lowest BCUT2D eigenvalue weighted by molar-refractivity contribution is -0.156. The van der Waals surface area contributed by atoms with Crippen LogP contribution in [0.25, 0.3) is 0 Å². The van der Waals surface area contributed by atoms with Gasteiger partial charge in [-0.15, -0.1) is 0 Å². The summed E-state index contributed by atoms with van der Waals surface area (Å²) in [5.41, 5.74) is 2.48. The number of hydrogen-bond donors (Lipinski definition) is 1. The molecule has 154 valence electrons. The maximum atomic E-state index is 12.2. The van der Waals surface area contributed by atoms with E-state index < -0.39 is 18.0 Å². The van der Waals surface area contributed by atoms with Crippen molar-refractivity contribution in [2.24, 2.45) is 0 Å². The zero-order chi connectivity index (χ0) is 21.0. The normalized spacial score (nSPS) is 13.0. The quantitative estimate of drug-likeness (QED) is 0.693. The third kappa shape index (κ3) is 5.32. The van der Waals surface area contributed by atoms with E-state index in [1.54, 1.807) is 24.3 Å². The first kappa shape index (κ1) is 20.8. The fourth-order valence-corrected chi connectivity index (χ4v) is 3.25. The molecule has 29 heavy (non-hydrogen) atoms. The number of nitrogens with one attached hydrogen (secondary N) is 1. The lowest BCUT2D eigenvalue weighted by atomic mass is 10.1. The fourth-order valence-electron chi connectivity index (χ4n) is 2.92. The number of fused-ring (bicyclic) bond motifs is 1. The molecule has 0 fully saturated rings. The van der Waals surface area contributed by atoms with E-state index in [4.69, 9.17) is 30.5 Å². The van der Waals surface area contributed by atoms with E-state index in [-0.39, 0.29) is 19.9 Å². The van der Waals surface area contributed by atoms with Gasteiger partial charge < -0.3 is 24.3 Å². The smallest absolute Gasteiger partial charge is 0.344 e. The molecule has 7 nitrogen and oxygen atoms in total. The molecule has 3 rings (SSSR count). The van der Waals surface area contributed by atoms with Gasteiger partial charge in [0.25, 0.3) is 5.91 Å². The summed E-state index contributed by atoms with van der Waals surface area (Å²) in [5, 5.41) is 3.33. The first-order valence-corrected chi connectivity index (χ1v) is 9.46. The highest BCUT2D eigenvalue weighted by Crippen LogP contribution is 2.32. The molecule has 0 bridgehead atoms. The van der Waals surface area contributed by atoms with E-state index in [2.05, 4.69) is 5.32 Å². The zero-order valence-electron chi connectivity index (χ0n) is 16.4. The van der Waals surface area contributed by atoms with E-state index in [9.17, 15) is 9.59 Å². The number of rotatable bonds is 7. The summed E-state index contributed by atoms with van der Waals surface area (Å²) in [6.45, 7) is 5.35. The lowest BCUT2D eigenvalue weighted by Crippen LogP contribution is -2.36. The van der Waals surface area contributed by atoms with E-state index in [1.807, 2.05) is 19.9 Å². The van der Waals surface area contributed by atoms with Crippen molar-refractivity contribution < 1.29 is 28.5 Å². The fraction of sp³-hybridized carbons (Fsp3) is 0.333. The van der Waals surface area contributed by atoms with Crippen molar-refractivity contribution in [3.05, 3.63) is 52.0 Å². The summed E-state index contributed by atoms with van der Waals surface area (Å²) in [7, 11) is 0. The summed E-state index contributed by atoms with van der Waals surface area (Å²) in [4.78, 5) is 24.2. The first-order valence-electron chi connectivity index (χ1n) is 9.08. The predicted molar refractivity (Wildman–Crippen MR) is 106 cm³/mol. The van der Waals surface area contributed by atoms with Gasteiger partial charge in [-0.05, 0) is 61.7 Å². The second kappa shape index (κ2) is 9.05. The molecular formula is C21H22ClNO6. The maximum Gasteiger partial charge on any atom is 0.344 e. The molecule has 1 amide bonds. The number of carbonyl (C=O) groups excluding carboxylic acids is 2. The van der Waals surface area contributed by atoms with Crippen LogP contribution >= 0.6 is 11.6 Å². The van der Waals surface area contributed by atoms with Crippen LogP contribution in [-0.4, -0.2) is 31.4 Å². The average molecular weight is 420 g/mol. The van der Waals surface area contributed by atoms with Gasteiger partial charge in [-0.3, -0.25) is 4.79 Å². The van der Waals surface area contributed by atoms with Gasteiger partial charge in [0.05, 0.1) is 0 Å². The molecular weight excluding hydrogens is 398 g/mol.